The van der Waals surface area contributed by atoms with Gasteiger partial charge in [0.15, 0.2) is 11.6 Å². The van der Waals surface area contributed by atoms with Crippen LogP contribution < -0.4 is 0 Å². The van der Waals surface area contributed by atoms with Crippen molar-refractivity contribution in [2.24, 2.45) is 0 Å². The summed E-state index contributed by atoms with van der Waals surface area (Å²) in [6.45, 7) is 0. The van der Waals surface area contributed by atoms with Crippen LogP contribution in [0, 0.1) is 0 Å². The molecule has 0 radical (unpaired) electrons. The van der Waals surface area contributed by atoms with Gasteiger partial charge < -0.3 is 0 Å². The van der Waals surface area contributed by atoms with Crippen molar-refractivity contribution in [3.05, 3.63) is 170 Å². The molecule has 4 nitrogen and oxygen atoms in total. The van der Waals surface area contributed by atoms with Crippen LogP contribution in [0.15, 0.2) is 170 Å². The molecule has 0 aliphatic heterocycles. The molecule has 0 atom stereocenters. The molecule has 0 N–H and O–H groups in total. The molecule has 0 bridgehead atoms. The first-order valence-electron chi connectivity index (χ1n) is 16.5. The summed E-state index contributed by atoms with van der Waals surface area (Å²) >= 11 is 0. The number of rotatable bonds is 4. The molecule has 49 heavy (non-hydrogen) atoms. The van der Waals surface area contributed by atoms with Crippen molar-refractivity contribution in [1.82, 2.24) is 19.5 Å². The van der Waals surface area contributed by atoms with Gasteiger partial charge in [-0.15, -0.1) is 0 Å². The summed E-state index contributed by atoms with van der Waals surface area (Å²) in [4.78, 5) is 15.7. The lowest BCUT2D eigenvalue weighted by Gasteiger charge is -2.14. The van der Waals surface area contributed by atoms with E-state index in [2.05, 4.69) is 156 Å². The van der Waals surface area contributed by atoms with E-state index in [0.29, 0.717) is 17.6 Å². The zero-order valence-corrected chi connectivity index (χ0v) is 26.5. The molecule has 0 spiro atoms. The van der Waals surface area contributed by atoms with Crippen molar-refractivity contribution in [3.63, 3.8) is 0 Å². The molecule has 0 saturated heterocycles. The minimum absolute atomic E-state index is 0.589. The zero-order valence-electron chi connectivity index (χ0n) is 26.5. The van der Waals surface area contributed by atoms with Gasteiger partial charge in [-0.05, 0) is 73.8 Å². The summed E-state index contributed by atoms with van der Waals surface area (Å²) in [5, 5.41) is 9.33. The normalized spacial score (nSPS) is 11.7. The number of benzene rings is 8. The monoisotopic (exact) mass is 624 g/mol. The Balaban J connectivity index is 1.30. The quantitative estimate of drug-likeness (QED) is 0.196. The Morgan fingerprint density at radius 1 is 0.327 bits per heavy atom. The number of nitrogens with zero attached hydrogens (tertiary/aromatic N) is 4. The predicted molar refractivity (Wildman–Crippen MR) is 203 cm³/mol. The Labute approximate surface area is 282 Å². The van der Waals surface area contributed by atoms with Crippen LogP contribution in [0.4, 0.5) is 0 Å². The Kier molecular flexibility index (Phi) is 6.15. The van der Waals surface area contributed by atoms with E-state index < -0.39 is 0 Å². The van der Waals surface area contributed by atoms with E-state index >= 15 is 0 Å². The number of hydrogen-bond donors (Lipinski definition) is 0. The molecule has 2 heterocycles. The maximum absolute atomic E-state index is 5.33. The van der Waals surface area contributed by atoms with Crippen LogP contribution in [0.25, 0.3) is 94.0 Å². The summed E-state index contributed by atoms with van der Waals surface area (Å²) in [5.74, 6) is 1.86. The van der Waals surface area contributed by atoms with Crippen LogP contribution in [0.2, 0.25) is 0 Å². The largest absolute Gasteiger partial charge is 0.278 e. The first-order chi connectivity index (χ1) is 24.3. The van der Waals surface area contributed by atoms with Gasteiger partial charge in [0.05, 0.1) is 11.0 Å². The van der Waals surface area contributed by atoms with Crippen LogP contribution in [0.1, 0.15) is 0 Å². The van der Waals surface area contributed by atoms with Gasteiger partial charge in [0.25, 0.3) is 0 Å². The van der Waals surface area contributed by atoms with E-state index in [4.69, 9.17) is 15.0 Å². The number of aromatic nitrogens is 4. The number of fused-ring (bicyclic) bond motifs is 6. The van der Waals surface area contributed by atoms with Gasteiger partial charge in [0, 0.05) is 21.9 Å². The van der Waals surface area contributed by atoms with Crippen molar-refractivity contribution in [1.29, 1.82) is 0 Å². The minimum atomic E-state index is 0.589. The van der Waals surface area contributed by atoms with Crippen molar-refractivity contribution >= 4 is 54.1 Å². The molecule has 0 aliphatic carbocycles. The summed E-state index contributed by atoms with van der Waals surface area (Å²) in [5.41, 5.74) is 6.38. The molecule has 0 fully saturated rings. The average molecular weight is 625 g/mol. The van der Waals surface area contributed by atoms with E-state index in [1.807, 2.05) is 18.2 Å². The minimum Gasteiger partial charge on any atom is -0.278 e. The summed E-state index contributed by atoms with van der Waals surface area (Å²) in [6, 6.07) is 59.8. The fourth-order valence-corrected chi connectivity index (χ4v) is 7.27. The third-order valence-electron chi connectivity index (χ3n) is 9.61. The third-order valence-corrected chi connectivity index (χ3v) is 9.61. The average Bonchev–Trinajstić information content (AvgIpc) is 3.47. The van der Waals surface area contributed by atoms with Crippen molar-refractivity contribution in [2.45, 2.75) is 0 Å². The fraction of sp³-hybridized carbons (Fsp3) is 0. The van der Waals surface area contributed by atoms with Gasteiger partial charge in [-0.3, -0.25) is 4.57 Å². The number of hydrogen-bond acceptors (Lipinski definition) is 3. The van der Waals surface area contributed by atoms with Gasteiger partial charge in [-0.2, -0.15) is 9.97 Å². The van der Waals surface area contributed by atoms with Crippen LogP contribution in [-0.4, -0.2) is 19.5 Å². The van der Waals surface area contributed by atoms with E-state index in [-0.39, 0.29) is 0 Å². The van der Waals surface area contributed by atoms with Crippen molar-refractivity contribution in [3.8, 4) is 39.9 Å². The van der Waals surface area contributed by atoms with Crippen LogP contribution >= 0.6 is 0 Å². The predicted octanol–water partition coefficient (Wildman–Crippen LogP) is 11.4. The molecule has 10 rings (SSSR count). The fourth-order valence-electron chi connectivity index (χ4n) is 7.27. The van der Waals surface area contributed by atoms with Crippen molar-refractivity contribution in [2.75, 3.05) is 0 Å². The van der Waals surface area contributed by atoms with Crippen LogP contribution in [0.5, 0.6) is 0 Å². The molecule has 0 saturated carbocycles. The molecule has 4 heteroatoms. The molecular formula is C45H28N4. The van der Waals surface area contributed by atoms with E-state index in [9.17, 15) is 0 Å². The van der Waals surface area contributed by atoms with Crippen LogP contribution in [0.3, 0.4) is 0 Å². The van der Waals surface area contributed by atoms with Gasteiger partial charge in [-0.25, -0.2) is 4.98 Å². The van der Waals surface area contributed by atoms with Gasteiger partial charge in [0.2, 0.25) is 5.95 Å². The topological polar surface area (TPSA) is 43.6 Å². The van der Waals surface area contributed by atoms with Gasteiger partial charge in [0.1, 0.15) is 0 Å². The Bertz CT molecular complexity index is 2780. The van der Waals surface area contributed by atoms with E-state index in [1.54, 1.807) is 0 Å². The molecule has 0 amide bonds. The molecule has 10 aromatic rings. The van der Waals surface area contributed by atoms with Gasteiger partial charge >= 0.3 is 0 Å². The highest BCUT2D eigenvalue weighted by Gasteiger charge is 2.20. The van der Waals surface area contributed by atoms with Crippen LogP contribution in [-0.2, 0) is 0 Å². The lowest BCUT2D eigenvalue weighted by molar-refractivity contribution is 0.955. The molecule has 0 aliphatic rings. The molecular weight excluding hydrogens is 597 g/mol. The highest BCUT2D eigenvalue weighted by molar-refractivity contribution is 6.16. The second kappa shape index (κ2) is 11.0. The Morgan fingerprint density at radius 3 is 1.37 bits per heavy atom. The maximum atomic E-state index is 5.33. The first kappa shape index (κ1) is 27.5. The van der Waals surface area contributed by atoms with E-state index in [0.717, 1.165) is 32.9 Å². The summed E-state index contributed by atoms with van der Waals surface area (Å²) in [7, 11) is 0. The molecule has 2 aromatic heterocycles. The first-order valence-corrected chi connectivity index (χ1v) is 16.5. The molecule has 0 unspecified atom stereocenters. The molecule has 8 aromatic carbocycles. The highest BCUT2D eigenvalue weighted by atomic mass is 15.2. The van der Waals surface area contributed by atoms with E-state index in [1.165, 1.54) is 43.4 Å². The smallest absolute Gasteiger partial charge is 0.238 e. The third kappa shape index (κ3) is 4.49. The lowest BCUT2D eigenvalue weighted by Crippen LogP contribution is -2.06. The zero-order chi connectivity index (χ0) is 32.3. The maximum Gasteiger partial charge on any atom is 0.238 e. The lowest BCUT2D eigenvalue weighted by atomic mass is 9.95. The summed E-state index contributed by atoms with van der Waals surface area (Å²) < 4.78 is 2.22. The van der Waals surface area contributed by atoms with Gasteiger partial charge in [-0.1, -0.05) is 140 Å². The second-order valence-corrected chi connectivity index (χ2v) is 12.5. The summed E-state index contributed by atoms with van der Waals surface area (Å²) in [6.07, 6.45) is 0. The second-order valence-electron chi connectivity index (χ2n) is 12.5. The SMILES string of the molecule is c1ccc(-c2nc(-c3ccc(-c4ccccc4)c4ccccc34)nc(-n3c4cc5ccccc5cc4c4cc5ccccc5cc43)n2)cc1. The highest BCUT2D eigenvalue weighted by Crippen LogP contribution is 2.39. The Hall–Kier alpha value is -6.65. The molecule has 228 valence electrons. The van der Waals surface area contributed by atoms with Crippen molar-refractivity contribution < 1.29 is 0 Å². The standard InChI is InChI=1S/C45H28N4/c1-3-13-29(14-4-1)35-23-24-38(37-22-12-11-21-36(35)37)44-46-43(30-15-5-2-6-16-30)47-45(48-44)49-41-27-33-19-9-7-17-31(33)25-39(41)40-26-32-18-8-10-20-34(32)28-42(40)49/h1-28H. The Morgan fingerprint density at radius 2 is 0.776 bits per heavy atom.